The quantitative estimate of drug-likeness (QED) is 0.529. The Bertz CT molecular complexity index is 1090. The van der Waals surface area contributed by atoms with Gasteiger partial charge < -0.3 is 10.1 Å². The van der Waals surface area contributed by atoms with Crippen LogP contribution >= 0.6 is 0 Å². The molecule has 8 heteroatoms. The summed E-state index contributed by atoms with van der Waals surface area (Å²) in [6, 6.07) is 8.35. The van der Waals surface area contributed by atoms with Crippen molar-refractivity contribution in [3.05, 3.63) is 51.6 Å². The molecule has 1 aliphatic rings. The van der Waals surface area contributed by atoms with Crippen molar-refractivity contribution in [2.24, 2.45) is 0 Å². The third kappa shape index (κ3) is 4.76. The summed E-state index contributed by atoms with van der Waals surface area (Å²) in [6.45, 7) is 5.38. The van der Waals surface area contributed by atoms with Crippen LogP contribution in [0.25, 0.3) is 10.9 Å². The number of tetrazole rings is 1. The number of aryl methyl sites for hydroxylation is 1. The van der Waals surface area contributed by atoms with Crippen molar-refractivity contribution >= 4 is 10.9 Å². The number of aliphatic hydroxyl groups is 1. The fourth-order valence-corrected chi connectivity index (χ4v) is 4.99. The van der Waals surface area contributed by atoms with Crippen LogP contribution < -0.4 is 5.56 Å². The zero-order chi connectivity index (χ0) is 22.5. The van der Waals surface area contributed by atoms with Crippen LogP contribution in [0, 0.1) is 6.92 Å². The number of rotatable bonds is 9. The monoisotopic (exact) mass is 438 g/mol. The minimum Gasteiger partial charge on any atom is -0.396 e. The molecule has 3 aromatic rings. The zero-order valence-corrected chi connectivity index (χ0v) is 19.1. The first-order valence-corrected chi connectivity index (χ1v) is 11.9. The van der Waals surface area contributed by atoms with Gasteiger partial charge in [-0.15, -0.1) is 5.10 Å². The number of pyridine rings is 1. The average molecular weight is 439 g/mol. The SMILES string of the molecule is CCC(c1nnnn1C1CCCCC1)N(CCCO)Cc1cc2cccc(C)c2[nH]c1=O. The van der Waals surface area contributed by atoms with Crippen LogP contribution in [0.1, 0.15) is 80.9 Å². The van der Waals surface area contributed by atoms with Crippen molar-refractivity contribution in [2.75, 3.05) is 13.2 Å². The summed E-state index contributed by atoms with van der Waals surface area (Å²) in [5.74, 6) is 0.866. The van der Waals surface area contributed by atoms with Gasteiger partial charge in [0.15, 0.2) is 5.82 Å². The summed E-state index contributed by atoms with van der Waals surface area (Å²) in [4.78, 5) is 18.2. The summed E-state index contributed by atoms with van der Waals surface area (Å²) in [5, 5.41) is 23.4. The van der Waals surface area contributed by atoms with Gasteiger partial charge in [0.1, 0.15) is 0 Å². The number of H-pyrrole nitrogens is 1. The van der Waals surface area contributed by atoms with Crippen molar-refractivity contribution in [1.29, 1.82) is 0 Å². The molecule has 1 aromatic carbocycles. The Morgan fingerprint density at radius 1 is 1.28 bits per heavy atom. The Morgan fingerprint density at radius 3 is 2.84 bits per heavy atom. The fraction of sp³-hybridized carbons (Fsp3) is 0.583. The first-order valence-electron chi connectivity index (χ1n) is 11.9. The van der Waals surface area contributed by atoms with Crippen LogP contribution in [-0.2, 0) is 6.54 Å². The number of benzene rings is 1. The number of nitrogens with zero attached hydrogens (tertiary/aromatic N) is 5. The lowest BCUT2D eigenvalue weighted by molar-refractivity contribution is 0.147. The molecule has 172 valence electrons. The summed E-state index contributed by atoms with van der Waals surface area (Å²) in [7, 11) is 0. The number of hydrogen-bond donors (Lipinski definition) is 2. The molecule has 4 rings (SSSR count). The normalized spacial score (nSPS) is 16.1. The van der Waals surface area contributed by atoms with Gasteiger partial charge in [0.2, 0.25) is 0 Å². The molecule has 1 unspecified atom stereocenters. The van der Waals surface area contributed by atoms with Crippen LogP contribution in [0.4, 0.5) is 0 Å². The van der Waals surface area contributed by atoms with E-state index < -0.39 is 0 Å². The lowest BCUT2D eigenvalue weighted by Crippen LogP contribution is -2.34. The number of hydrogen-bond acceptors (Lipinski definition) is 6. The van der Waals surface area contributed by atoms with Gasteiger partial charge in [-0.2, -0.15) is 0 Å². The van der Waals surface area contributed by atoms with E-state index in [-0.39, 0.29) is 18.2 Å². The second-order valence-electron chi connectivity index (χ2n) is 8.91. The molecular formula is C24H34N6O2. The molecule has 2 heterocycles. The highest BCUT2D eigenvalue weighted by Crippen LogP contribution is 2.32. The molecule has 2 N–H and O–H groups in total. The minimum absolute atomic E-state index is 0.0221. The summed E-state index contributed by atoms with van der Waals surface area (Å²) >= 11 is 0. The van der Waals surface area contributed by atoms with Crippen molar-refractivity contribution in [2.45, 2.75) is 77.4 Å². The minimum atomic E-state index is -0.0671. The molecular weight excluding hydrogens is 404 g/mol. The highest BCUT2D eigenvalue weighted by Gasteiger charge is 2.28. The second-order valence-corrected chi connectivity index (χ2v) is 8.91. The van der Waals surface area contributed by atoms with E-state index in [0.717, 1.165) is 47.1 Å². The van der Waals surface area contributed by atoms with E-state index in [1.54, 1.807) is 0 Å². The molecule has 1 fully saturated rings. The van der Waals surface area contributed by atoms with Gasteiger partial charge in [-0.1, -0.05) is 44.4 Å². The lowest BCUT2D eigenvalue weighted by Gasteiger charge is -2.32. The topological polar surface area (TPSA) is 99.9 Å². The number of aromatic amines is 1. The molecule has 0 bridgehead atoms. The van der Waals surface area contributed by atoms with E-state index >= 15 is 0 Å². The third-order valence-corrected chi connectivity index (χ3v) is 6.71. The maximum atomic E-state index is 12.9. The molecule has 1 atom stereocenters. The van der Waals surface area contributed by atoms with E-state index in [0.29, 0.717) is 25.6 Å². The number of nitrogens with one attached hydrogen (secondary N) is 1. The highest BCUT2D eigenvalue weighted by molar-refractivity contribution is 5.81. The number of aliphatic hydroxyl groups excluding tert-OH is 1. The molecule has 1 saturated carbocycles. The molecule has 0 radical (unpaired) electrons. The van der Waals surface area contributed by atoms with Crippen molar-refractivity contribution in [3.8, 4) is 0 Å². The van der Waals surface area contributed by atoms with Crippen LogP contribution in [0.5, 0.6) is 0 Å². The Balaban J connectivity index is 1.66. The highest BCUT2D eigenvalue weighted by atomic mass is 16.3. The molecule has 0 aliphatic heterocycles. The molecule has 1 aliphatic carbocycles. The third-order valence-electron chi connectivity index (χ3n) is 6.71. The summed E-state index contributed by atoms with van der Waals surface area (Å²) in [6.07, 6.45) is 7.36. The molecule has 2 aromatic heterocycles. The Kier molecular flexibility index (Phi) is 7.32. The van der Waals surface area contributed by atoms with Crippen molar-refractivity contribution in [3.63, 3.8) is 0 Å². The van der Waals surface area contributed by atoms with Crippen LogP contribution in [0.15, 0.2) is 29.1 Å². The smallest absolute Gasteiger partial charge is 0.252 e. The van der Waals surface area contributed by atoms with E-state index in [9.17, 15) is 9.90 Å². The standard InChI is InChI=1S/C24H34N6O2/c1-3-21(23-26-27-28-30(23)20-11-5-4-6-12-20)29(13-8-14-31)16-19-15-18-10-7-9-17(2)22(18)25-24(19)32/h7,9-10,15,20-21,31H,3-6,8,11-14,16H2,1-2H3,(H,25,32). The van der Waals surface area contributed by atoms with E-state index in [2.05, 4.69) is 32.3 Å². The lowest BCUT2D eigenvalue weighted by atomic mass is 9.95. The predicted molar refractivity (Wildman–Crippen MR) is 124 cm³/mol. The second kappa shape index (κ2) is 10.4. The molecule has 0 amide bonds. The molecule has 0 spiro atoms. The number of para-hydroxylation sites is 1. The summed E-state index contributed by atoms with van der Waals surface area (Å²) < 4.78 is 2.02. The van der Waals surface area contributed by atoms with Gasteiger partial charge in [0.25, 0.3) is 5.56 Å². The van der Waals surface area contributed by atoms with Gasteiger partial charge in [-0.25, -0.2) is 4.68 Å². The maximum Gasteiger partial charge on any atom is 0.252 e. The number of aromatic nitrogens is 5. The van der Waals surface area contributed by atoms with Crippen molar-refractivity contribution in [1.82, 2.24) is 30.1 Å². The van der Waals surface area contributed by atoms with Gasteiger partial charge in [-0.3, -0.25) is 9.69 Å². The van der Waals surface area contributed by atoms with Crippen LogP contribution in [0.3, 0.4) is 0 Å². The van der Waals surface area contributed by atoms with Crippen LogP contribution in [0.2, 0.25) is 0 Å². The Labute approximate surface area is 188 Å². The Hall–Kier alpha value is -2.58. The van der Waals surface area contributed by atoms with Gasteiger partial charge in [0, 0.05) is 25.3 Å². The Morgan fingerprint density at radius 2 is 2.09 bits per heavy atom. The summed E-state index contributed by atoms with van der Waals surface area (Å²) in [5.41, 5.74) is 2.59. The van der Waals surface area contributed by atoms with E-state index in [4.69, 9.17) is 0 Å². The van der Waals surface area contributed by atoms with Gasteiger partial charge in [-0.05, 0) is 60.0 Å². The molecule has 8 nitrogen and oxygen atoms in total. The first-order chi connectivity index (χ1) is 15.6. The van der Waals surface area contributed by atoms with Crippen molar-refractivity contribution < 1.29 is 5.11 Å². The first kappa shape index (κ1) is 22.6. The van der Waals surface area contributed by atoms with E-state index in [1.165, 1.54) is 19.3 Å². The molecule has 0 saturated heterocycles. The largest absolute Gasteiger partial charge is 0.396 e. The zero-order valence-electron chi connectivity index (χ0n) is 19.1. The molecule has 32 heavy (non-hydrogen) atoms. The maximum absolute atomic E-state index is 12.9. The van der Waals surface area contributed by atoms with Gasteiger partial charge in [0.05, 0.1) is 17.6 Å². The fourth-order valence-electron chi connectivity index (χ4n) is 4.99. The average Bonchev–Trinajstić information content (AvgIpc) is 3.29. The van der Waals surface area contributed by atoms with Crippen LogP contribution in [-0.4, -0.2) is 48.3 Å². The number of fused-ring (bicyclic) bond motifs is 1. The predicted octanol–water partition coefficient (Wildman–Crippen LogP) is 3.66. The van der Waals surface area contributed by atoms with Gasteiger partial charge >= 0.3 is 0 Å². The van der Waals surface area contributed by atoms with E-state index in [1.807, 2.05) is 35.9 Å².